The molecular formula is C10H14ClN3S2. The number of hydrogen-bond acceptors (Lipinski definition) is 5. The van der Waals surface area contributed by atoms with Crippen LogP contribution in [0.1, 0.15) is 9.75 Å². The van der Waals surface area contributed by atoms with Crippen molar-refractivity contribution in [3.05, 3.63) is 33.5 Å². The first-order valence-corrected chi connectivity index (χ1v) is 6.47. The number of nitrogen functional groups attached to an aromatic ring is 1. The van der Waals surface area contributed by atoms with Gasteiger partial charge in [-0.05, 0) is 17.9 Å². The molecule has 0 aliphatic heterocycles. The number of hydrogen-bond donors (Lipinski definition) is 2. The van der Waals surface area contributed by atoms with Crippen LogP contribution >= 0.6 is 35.1 Å². The first kappa shape index (κ1) is 13.4. The van der Waals surface area contributed by atoms with E-state index >= 15 is 0 Å². The molecule has 2 heterocycles. The maximum absolute atomic E-state index is 5.54. The van der Waals surface area contributed by atoms with Crippen LogP contribution in [0.15, 0.2) is 23.7 Å². The fourth-order valence-corrected chi connectivity index (χ4v) is 2.65. The van der Waals surface area contributed by atoms with Gasteiger partial charge < -0.3 is 11.1 Å². The molecule has 0 saturated heterocycles. The van der Waals surface area contributed by atoms with E-state index in [1.54, 1.807) is 22.7 Å². The molecule has 3 N–H and O–H groups in total. The molecule has 88 valence electrons. The number of anilines is 1. The number of rotatable bonds is 5. The fourth-order valence-electron chi connectivity index (χ4n) is 1.28. The first-order valence-electron chi connectivity index (χ1n) is 4.78. The summed E-state index contributed by atoms with van der Waals surface area (Å²) in [5.41, 5.74) is 5.54. The van der Waals surface area contributed by atoms with E-state index in [9.17, 15) is 0 Å². The van der Waals surface area contributed by atoms with Crippen molar-refractivity contribution in [2.75, 3.05) is 12.3 Å². The second kappa shape index (κ2) is 6.85. The molecule has 0 aliphatic carbocycles. The fraction of sp³-hybridized carbons (Fsp3) is 0.300. The highest BCUT2D eigenvalue weighted by molar-refractivity contribution is 7.15. The van der Waals surface area contributed by atoms with Crippen LogP contribution < -0.4 is 11.1 Å². The molecule has 0 aromatic carbocycles. The highest BCUT2D eigenvalue weighted by Crippen LogP contribution is 2.13. The summed E-state index contributed by atoms with van der Waals surface area (Å²) in [7, 11) is 0. The molecule has 3 nitrogen and oxygen atoms in total. The van der Waals surface area contributed by atoms with Crippen LogP contribution in [-0.2, 0) is 13.0 Å². The summed E-state index contributed by atoms with van der Waals surface area (Å²) in [6, 6.07) is 4.25. The molecule has 6 heteroatoms. The lowest BCUT2D eigenvalue weighted by Gasteiger charge is -2.00. The molecule has 16 heavy (non-hydrogen) atoms. The van der Waals surface area contributed by atoms with Crippen LogP contribution in [0.4, 0.5) is 5.13 Å². The third-order valence-electron chi connectivity index (χ3n) is 2.00. The van der Waals surface area contributed by atoms with Gasteiger partial charge in [0.15, 0.2) is 5.13 Å². The Kier molecular flexibility index (Phi) is 5.76. The van der Waals surface area contributed by atoms with Crippen molar-refractivity contribution >= 4 is 40.2 Å². The Morgan fingerprint density at radius 2 is 2.25 bits per heavy atom. The molecule has 0 amide bonds. The van der Waals surface area contributed by atoms with Gasteiger partial charge in [-0.1, -0.05) is 6.07 Å². The van der Waals surface area contributed by atoms with E-state index in [1.807, 2.05) is 6.20 Å². The van der Waals surface area contributed by atoms with E-state index < -0.39 is 0 Å². The molecule has 0 unspecified atom stereocenters. The maximum Gasteiger partial charge on any atom is 0.180 e. The maximum atomic E-state index is 5.54. The van der Waals surface area contributed by atoms with Gasteiger partial charge in [0.2, 0.25) is 0 Å². The molecule has 0 radical (unpaired) electrons. The van der Waals surface area contributed by atoms with Crippen molar-refractivity contribution in [2.45, 2.75) is 13.0 Å². The zero-order valence-corrected chi connectivity index (χ0v) is 11.1. The Hall–Kier alpha value is -0.620. The van der Waals surface area contributed by atoms with Gasteiger partial charge in [0, 0.05) is 29.0 Å². The standard InChI is InChI=1S/C10H13N3S2.ClH/c11-10-13-7-9(15-10)6-12-4-3-8-2-1-5-14-8;/h1-2,5,7,12H,3-4,6H2,(H2,11,13);1H. The predicted molar refractivity (Wildman–Crippen MR) is 73.5 cm³/mol. The van der Waals surface area contributed by atoms with Crippen LogP contribution in [0, 0.1) is 0 Å². The summed E-state index contributed by atoms with van der Waals surface area (Å²) in [5.74, 6) is 0. The number of nitrogens with two attached hydrogens (primary N) is 1. The minimum absolute atomic E-state index is 0. The number of thiazole rings is 1. The van der Waals surface area contributed by atoms with Gasteiger partial charge in [0.05, 0.1) is 0 Å². The minimum atomic E-state index is 0. The van der Waals surface area contributed by atoms with Gasteiger partial charge in [0.25, 0.3) is 0 Å². The number of nitrogens with zero attached hydrogens (tertiary/aromatic N) is 1. The van der Waals surface area contributed by atoms with Gasteiger partial charge >= 0.3 is 0 Å². The van der Waals surface area contributed by atoms with Crippen LogP contribution in [0.5, 0.6) is 0 Å². The summed E-state index contributed by atoms with van der Waals surface area (Å²) in [6.45, 7) is 1.86. The van der Waals surface area contributed by atoms with Gasteiger partial charge in [-0.15, -0.1) is 35.1 Å². The first-order chi connectivity index (χ1) is 7.34. The molecule has 0 atom stereocenters. The van der Waals surface area contributed by atoms with Gasteiger partial charge in [0.1, 0.15) is 0 Å². The van der Waals surface area contributed by atoms with Crippen molar-refractivity contribution in [3.63, 3.8) is 0 Å². The average Bonchev–Trinajstić information content (AvgIpc) is 2.84. The molecular weight excluding hydrogens is 262 g/mol. The molecule has 2 rings (SSSR count). The SMILES string of the molecule is Cl.Nc1ncc(CNCCc2cccs2)s1. The Bertz CT molecular complexity index is 400. The predicted octanol–water partition coefficient (Wildman–Crippen LogP) is 2.54. The Labute approximate surface area is 109 Å². The summed E-state index contributed by atoms with van der Waals surface area (Å²) < 4.78 is 0. The van der Waals surface area contributed by atoms with Crippen LogP contribution in [-0.4, -0.2) is 11.5 Å². The molecule has 0 saturated carbocycles. The second-order valence-corrected chi connectivity index (χ2v) is 5.35. The van der Waals surface area contributed by atoms with Crippen molar-refractivity contribution in [1.29, 1.82) is 0 Å². The third-order valence-corrected chi connectivity index (χ3v) is 3.76. The van der Waals surface area contributed by atoms with E-state index in [0.717, 1.165) is 19.5 Å². The van der Waals surface area contributed by atoms with E-state index in [1.165, 1.54) is 9.75 Å². The zero-order chi connectivity index (χ0) is 10.5. The Morgan fingerprint density at radius 1 is 1.38 bits per heavy atom. The van der Waals surface area contributed by atoms with Gasteiger partial charge in [-0.2, -0.15) is 0 Å². The summed E-state index contributed by atoms with van der Waals surface area (Å²) in [6.07, 6.45) is 2.92. The summed E-state index contributed by atoms with van der Waals surface area (Å²) in [4.78, 5) is 6.62. The summed E-state index contributed by atoms with van der Waals surface area (Å²) >= 11 is 3.35. The largest absolute Gasteiger partial charge is 0.375 e. The zero-order valence-electron chi connectivity index (χ0n) is 8.68. The van der Waals surface area contributed by atoms with Crippen LogP contribution in [0.25, 0.3) is 0 Å². The normalized spacial score (nSPS) is 10.0. The number of aromatic nitrogens is 1. The van der Waals surface area contributed by atoms with E-state index in [0.29, 0.717) is 5.13 Å². The number of halogens is 1. The molecule has 2 aromatic heterocycles. The number of nitrogens with one attached hydrogen (secondary N) is 1. The van der Waals surface area contributed by atoms with Crippen molar-refractivity contribution in [3.8, 4) is 0 Å². The van der Waals surface area contributed by atoms with E-state index in [2.05, 4.69) is 27.8 Å². The highest BCUT2D eigenvalue weighted by atomic mass is 35.5. The lowest BCUT2D eigenvalue weighted by Crippen LogP contribution is -2.15. The highest BCUT2D eigenvalue weighted by Gasteiger charge is 1.98. The molecule has 2 aromatic rings. The van der Waals surface area contributed by atoms with Crippen molar-refractivity contribution in [2.24, 2.45) is 0 Å². The van der Waals surface area contributed by atoms with Gasteiger partial charge in [-0.3, -0.25) is 0 Å². The summed E-state index contributed by atoms with van der Waals surface area (Å²) in [5, 5.41) is 6.13. The van der Waals surface area contributed by atoms with Crippen LogP contribution in [0.3, 0.4) is 0 Å². The monoisotopic (exact) mass is 275 g/mol. The minimum Gasteiger partial charge on any atom is -0.375 e. The average molecular weight is 276 g/mol. The molecule has 0 fully saturated rings. The number of thiophene rings is 1. The smallest absolute Gasteiger partial charge is 0.180 e. The van der Waals surface area contributed by atoms with Crippen molar-refractivity contribution in [1.82, 2.24) is 10.3 Å². The van der Waals surface area contributed by atoms with Gasteiger partial charge in [-0.25, -0.2) is 4.98 Å². The molecule has 0 aliphatic rings. The lowest BCUT2D eigenvalue weighted by molar-refractivity contribution is 0.696. The topological polar surface area (TPSA) is 50.9 Å². The third kappa shape index (κ3) is 4.09. The molecule has 0 spiro atoms. The Morgan fingerprint density at radius 3 is 2.88 bits per heavy atom. The van der Waals surface area contributed by atoms with E-state index in [4.69, 9.17) is 5.73 Å². The molecule has 0 bridgehead atoms. The van der Waals surface area contributed by atoms with Crippen LogP contribution in [0.2, 0.25) is 0 Å². The quantitative estimate of drug-likeness (QED) is 0.825. The van der Waals surface area contributed by atoms with E-state index in [-0.39, 0.29) is 12.4 Å². The second-order valence-electron chi connectivity index (χ2n) is 3.17. The Balaban J connectivity index is 0.00000128. The lowest BCUT2D eigenvalue weighted by atomic mass is 10.3. The van der Waals surface area contributed by atoms with Crippen molar-refractivity contribution < 1.29 is 0 Å².